The molecule has 1 N–H and O–H groups in total. The van der Waals surface area contributed by atoms with E-state index in [1.54, 1.807) is 0 Å². The summed E-state index contributed by atoms with van der Waals surface area (Å²) >= 11 is 0. The van der Waals surface area contributed by atoms with Gasteiger partial charge in [-0.05, 0) is 50.0 Å². The molecule has 3 aliphatic rings. The van der Waals surface area contributed by atoms with Crippen LogP contribution >= 0.6 is 0 Å². The van der Waals surface area contributed by atoms with Crippen LogP contribution in [-0.4, -0.2) is 10.9 Å². The van der Waals surface area contributed by atoms with E-state index in [9.17, 15) is 9.90 Å². The second-order valence-electron chi connectivity index (χ2n) is 5.94. The molecule has 3 fully saturated rings. The fourth-order valence-corrected chi connectivity index (χ4v) is 3.70. The van der Waals surface area contributed by atoms with Crippen LogP contribution in [0.25, 0.3) is 0 Å². The van der Waals surface area contributed by atoms with Crippen LogP contribution in [0.3, 0.4) is 0 Å². The van der Waals surface area contributed by atoms with Gasteiger partial charge in [-0.15, -0.1) is 0 Å². The Morgan fingerprint density at radius 1 is 1.11 bits per heavy atom. The van der Waals surface area contributed by atoms with E-state index in [1.165, 1.54) is 19.3 Å². The highest BCUT2D eigenvalue weighted by molar-refractivity contribution is 5.90. The SMILES string of the molecule is O=C(C(O)c1ccccc1)C12CCC(CC1)CC2. The van der Waals surface area contributed by atoms with Gasteiger partial charge in [0.1, 0.15) is 6.10 Å². The Bertz CT molecular complexity index is 416. The summed E-state index contributed by atoms with van der Waals surface area (Å²) in [5, 5.41) is 10.3. The van der Waals surface area contributed by atoms with Gasteiger partial charge in [-0.25, -0.2) is 0 Å². The Morgan fingerprint density at radius 3 is 2.22 bits per heavy atom. The summed E-state index contributed by atoms with van der Waals surface area (Å²) in [6.45, 7) is 0. The van der Waals surface area contributed by atoms with E-state index < -0.39 is 6.10 Å². The first kappa shape index (κ1) is 11.9. The summed E-state index contributed by atoms with van der Waals surface area (Å²) in [7, 11) is 0. The largest absolute Gasteiger partial charge is 0.381 e. The zero-order valence-corrected chi connectivity index (χ0v) is 10.6. The van der Waals surface area contributed by atoms with Crippen molar-refractivity contribution in [2.24, 2.45) is 11.3 Å². The lowest BCUT2D eigenvalue weighted by Crippen LogP contribution is -2.42. The van der Waals surface area contributed by atoms with Crippen LogP contribution in [0.5, 0.6) is 0 Å². The molecule has 1 atom stereocenters. The fourth-order valence-electron chi connectivity index (χ4n) is 3.70. The Labute approximate surface area is 108 Å². The van der Waals surface area contributed by atoms with Gasteiger partial charge in [-0.3, -0.25) is 4.79 Å². The molecule has 3 saturated carbocycles. The van der Waals surface area contributed by atoms with E-state index in [0.29, 0.717) is 0 Å². The van der Waals surface area contributed by atoms with Crippen molar-refractivity contribution in [3.63, 3.8) is 0 Å². The summed E-state index contributed by atoms with van der Waals surface area (Å²) in [5.74, 6) is 0.903. The summed E-state index contributed by atoms with van der Waals surface area (Å²) in [6, 6.07) is 9.34. The Kier molecular flexibility index (Phi) is 2.98. The number of carbonyl (C=O) groups is 1. The molecular formula is C16H20O2. The van der Waals surface area contributed by atoms with E-state index in [1.807, 2.05) is 30.3 Å². The van der Waals surface area contributed by atoms with Crippen LogP contribution in [0.2, 0.25) is 0 Å². The van der Waals surface area contributed by atoms with Crippen LogP contribution < -0.4 is 0 Å². The third kappa shape index (κ3) is 1.89. The van der Waals surface area contributed by atoms with Crippen molar-refractivity contribution in [3.8, 4) is 0 Å². The van der Waals surface area contributed by atoms with Gasteiger partial charge in [0, 0.05) is 5.41 Å². The standard InChI is InChI=1S/C16H20O2/c17-14(13-4-2-1-3-5-13)15(18)16-9-6-12(7-10-16)8-11-16/h1-5,12,14,17H,6-11H2. The molecule has 1 unspecified atom stereocenters. The molecular weight excluding hydrogens is 224 g/mol. The predicted octanol–water partition coefficient (Wildman–Crippen LogP) is 3.26. The minimum absolute atomic E-state index is 0.0619. The maximum absolute atomic E-state index is 12.6. The van der Waals surface area contributed by atoms with Crippen molar-refractivity contribution in [3.05, 3.63) is 35.9 Å². The zero-order valence-electron chi connectivity index (χ0n) is 10.6. The van der Waals surface area contributed by atoms with Gasteiger partial charge < -0.3 is 5.11 Å². The fraction of sp³-hybridized carbons (Fsp3) is 0.562. The van der Waals surface area contributed by atoms with Crippen LogP contribution in [-0.2, 0) is 4.79 Å². The average molecular weight is 244 g/mol. The molecule has 0 heterocycles. The van der Waals surface area contributed by atoms with Gasteiger partial charge in [-0.1, -0.05) is 30.3 Å². The molecule has 96 valence electrons. The number of aliphatic hydroxyl groups excluding tert-OH is 1. The first-order valence-electron chi connectivity index (χ1n) is 6.99. The van der Waals surface area contributed by atoms with Gasteiger partial charge in [0.25, 0.3) is 0 Å². The topological polar surface area (TPSA) is 37.3 Å². The van der Waals surface area contributed by atoms with Crippen molar-refractivity contribution in [1.82, 2.24) is 0 Å². The van der Waals surface area contributed by atoms with Crippen LogP contribution in [0.1, 0.15) is 50.2 Å². The van der Waals surface area contributed by atoms with Crippen molar-refractivity contribution in [2.45, 2.75) is 44.6 Å². The maximum atomic E-state index is 12.6. The summed E-state index contributed by atoms with van der Waals surface area (Å²) in [6.07, 6.45) is 5.55. The number of benzene rings is 1. The van der Waals surface area contributed by atoms with E-state index in [4.69, 9.17) is 0 Å². The van der Waals surface area contributed by atoms with Crippen molar-refractivity contribution >= 4 is 5.78 Å². The Hall–Kier alpha value is -1.15. The Morgan fingerprint density at radius 2 is 1.67 bits per heavy atom. The molecule has 0 aliphatic heterocycles. The average Bonchev–Trinajstić information content (AvgIpc) is 2.48. The van der Waals surface area contributed by atoms with Crippen LogP contribution in [0, 0.1) is 11.3 Å². The molecule has 0 amide bonds. The third-order valence-electron chi connectivity index (χ3n) is 4.98. The molecule has 0 radical (unpaired) electrons. The Balaban J connectivity index is 1.82. The third-order valence-corrected chi connectivity index (χ3v) is 4.98. The molecule has 3 aliphatic carbocycles. The molecule has 0 aromatic heterocycles. The van der Waals surface area contributed by atoms with Crippen LogP contribution in [0.4, 0.5) is 0 Å². The molecule has 18 heavy (non-hydrogen) atoms. The lowest BCUT2D eigenvalue weighted by atomic mass is 9.58. The predicted molar refractivity (Wildman–Crippen MR) is 70.0 cm³/mol. The number of fused-ring (bicyclic) bond motifs is 3. The number of aliphatic hydroxyl groups is 1. The number of hydrogen-bond acceptors (Lipinski definition) is 2. The highest BCUT2D eigenvalue weighted by atomic mass is 16.3. The normalized spacial score (nSPS) is 32.2. The minimum atomic E-state index is -0.930. The summed E-state index contributed by atoms with van der Waals surface area (Å²) in [4.78, 5) is 12.6. The van der Waals surface area contributed by atoms with Crippen molar-refractivity contribution < 1.29 is 9.90 Å². The maximum Gasteiger partial charge on any atom is 0.171 e. The second kappa shape index (κ2) is 4.51. The van der Waals surface area contributed by atoms with E-state index >= 15 is 0 Å². The lowest BCUT2D eigenvalue weighted by molar-refractivity contribution is -0.143. The van der Waals surface area contributed by atoms with Crippen molar-refractivity contribution in [1.29, 1.82) is 0 Å². The highest BCUT2D eigenvalue weighted by Gasteiger charge is 2.47. The summed E-state index contributed by atoms with van der Waals surface area (Å²) < 4.78 is 0. The highest BCUT2D eigenvalue weighted by Crippen LogP contribution is 2.52. The number of hydrogen-bond donors (Lipinski definition) is 1. The summed E-state index contributed by atoms with van der Waals surface area (Å²) in [5.41, 5.74) is 0.522. The zero-order chi connectivity index (χ0) is 12.6. The van der Waals surface area contributed by atoms with E-state index in [2.05, 4.69) is 0 Å². The molecule has 1 aromatic carbocycles. The first-order chi connectivity index (χ1) is 8.71. The minimum Gasteiger partial charge on any atom is -0.381 e. The molecule has 0 spiro atoms. The monoisotopic (exact) mass is 244 g/mol. The molecule has 2 heteroatoms. The molecule has 4 rings (SSSR count). The van der Waals surface area contributed by atoms with Gasteiger partial charge >= 0.3 is 0 Å². The van der Waals surface area contributed by atoms with E-state index in [-0.39, 0.29) is 11.2 Å². The number of ketones is 1. The molecule has 0 saturated heterocycles. The van der Waals surface area contributed by atoms with Gasteiger partial charge in [0.2, 0.25) is 0 Å². The number of carbonyl (C=O) groups excluding carboxylic acids is 1. The lowest BCUT2D eigenvalue weighted by Gasteiger charge is -2.46. The van der Waals surface area contributed by atoms with Gasteiger partial charge in [0.15, 0.2) is 5.78 Å². The number of rotatable bonds is 3. The molecule has 2 nitrogen and oxygen atoms in total. The van der Waals surface area contributed by atoms with Crippen molar-refractivity contribution in [2.75, 3.05) is 0 Å². The molecule has 2 bridgehead atoms. The molecule has 1 aromatic rings. The van der Waals surface area contributed by atoms with Gasteiger partial charge in [0.05, 0.1) is 0 Å². The quantitative estimate of drug-likeness (QED) is 0.886. The first-order valence-corrected chi connectivity index (χ1v) is 6.99. The second-order valence-corrected chi connectivity index (χ2v) is 5.94. The smallest absolute Gasteiger partial charge is 0.171 e. The number of Topliss-reactive ketones (excluding diaryl/α,β-unsaturated/α-hetero) is 1. The van der Waals surface area contributed by atoms with Gasteiger partial charge in [-0.2, -0.15) is 0 Å². The van der Waals surface area contributed by atoms with Crippen LogP contribution in [0.15, 0.2) is 30.3 Å². The van der Waals surface area contributed by atoms with E-state index in [0.717, 1.165) is 30.7 Å².